The number of aromatic nitrogens is 2. The van der Waals surface area contributed by atoms with Crippen molar-refractivity contribution >= 4 is 29.3 Å². The number of hydrogen-bond acceptors (Lipinski definition) is 7. The number of amides is 1. The van der Waals surface area contributed by atoms with Crippen LogP contribution >= 0.6 is 11.6 Å². The SMILES string of the molecule is C[C@H](O)[C@@H](NC(=O)ON1CCc2cnc(Nc3ccc(F)cc3)nc2C1)c1ccc(F)c(Cl)c1. The lowest BCUT2D eigenvalue weighted by Gasteiger charge is -2.28. The lowest BCUT2D eigenvalue weighted by Crippen LogP contribution is -2.41. The highest BCUT2D eigenvalue weighted by Gasteiger charge is 2.25. The van der Waals surface area contributed by atoms with Gasteiger partial charge in [-0.05, 0) is 60.9 Å². The van der Waals surface area contributed by atoms with E-state index in [9.17, 15) is 18.7 Å². The molecule has 0 saturated heterocycles. The van der Waals surface area contributed by atoms with Gasteiger partial charge in [0.1, 0.15) is 11.6 Å². The molecule has 0 saturated carbocycles. The Morgan fingerprint density at radius 3 is 2.71 bits per heavy atom. The van der Waals surface area contributed by atoms with Crippen LogP contribution in [0.1, 0.15) is 29.8 Å². The highest BCUT2D eigenvalue weighted by atomic mass is 35.5. The summed E-state index contributed by atoms with van der Waals surface area (Å²) >= 11 is 5.83. The number of hydroxylamine groups is 2. The standard InChI is InChI=1S/C23H22ClF2N5O3/c1-13(32)21(14-2-7-19(26)18(24)10-14)30-23(33)34-31-9-8-15-11-27-22(29-20(15)12-31)28-17-5-3-16(25)4-6-17/h2-7,10-11,13,21,32H,8-9,12H2,1H3,(H,30,33)(H,27,28,29)/t13-,21+/m0/s1. The number of carbonyl (C=O) groups is 1. The number of carbonyl (C=O) groups excluding carboxylic acids is 1. The zero-order valence-electron chi connectivity index (χ0n) is 18.1. The number of nitrogens with one attached hydrogen (secondary N) is 2. The molecule has 1 aliphatic heterocycles. The minimum atomic E-state index is -0.982. The Bertz CT molecular complexity index is 1180. The molecule has 1 aliphatic rings. The van der Waals surface area contributed by atoms with Crippen LogP contribution in [0, 0.1) is 11.6 Å². The van der Waals surface area contributed by atoms with Crippen LogP contribution in [0.2, 0.25) is 5.02 Å². The van der Waals surface area contributed by atoms with Gasteiger partial charge in [0.05, 0.1) is 29.4 Å². The molecule has 4 rings (SSSR count). The largest absolute Gasteiger partial charge is 0.426 e. The molecule has 0 aliphatic carbocycles. The molecule has 34 heavy (non-hydrogen) atoms. The van der Waals surface area contributed by atoms with Crippen molar-refractivity contribution in [3.05, 3.63) is 82.1 Å². The lowest BCUT2D eigenvalue weighted by molar-refractivity contribution is -0.113. The topological polar surface area (TPSA) is 99.6 Å². The van der Waals surface area contributed by atoms with E-state index in [1.54, 1.807) is 18.3 Å². The minimum absolute atomic E-state index is 0.115. The molecule has 178 valence electrons. The van der Waals surface area contributed by atoms with Crippen LogP contribution in [0.5, 0.6) is 0 Å². The number of fused-ring (bicyclic) bond motifs is 1. The summed E-state index contributed by atoms with van der Waals surface area (Å²) in [6.07, 6.45) is 0.498. The second-order valence-corrected chi connectivity index (χ2v) is 8.23. The van der Waals surface area contributed by atoms with E-state index in [1.807, 2.05) is 0 Å². The lowest BCUT2D eigenvalue weighted by atomic mass is 10.0. The van der Waals surface area contributed by atoms with Crippen LogP contribution in [0.3, 0.4) is 0 Å². The fourth-order valence-electron chi connectivity index (χ4n) is 3.54. The summed E-state index contributed by atoms with van der Waals surface area (Å²) in [7, 11) is 0. The van der Waals surface area contributed by atoms with Crippen molar-refractivity contribution < 1.29 is 23.5 Å². The summed E-state index contributed by atoms with van der Waals surface area (Å²) in [5, 5.41) is 17.0. The molecule has 0 spiro atoms. The summed E-state index contributed by atoms with van der Waals surface area (Å²) < 4.78 is 26.6. The summed E-state index contributed by atoms with van der Waals surface area (Å²) in [5.41, 5.74) is 2.67. The van der Waals surface area contributed by atoms with Gasteiger partial charge in [0.15, 0.2) is 0 Å². The third-order valence-electron chi connectivity index (χ3n) is 5.28. The van der Waals surface area contributed by atoms with Crippen molar-refractivity contribution in [2.24, 2.45) is 0 Å². The monoisotopic (exact) mass is 489 g/mol. The van der Waals surface area contributed by atoms with Gasteiger partial charge < -0.3 is 20.6 Å². The van der Waals surface area contributed by atoms with Crippen molar-refractivity contribution in [1.82, 2.24) is 20.3 Å². The van der Waals surface area contributed by atoms with E-state index in [0.29, 0.717) is 35.9 Å². The van der Waals surface area contributed by atoms with E-state index >= 15 is 0 Å². The number of anilines is 2. The molecule has 0 fully saturated rings. The molecular formula is C23H22ClF2N5O3. The Kier molecular flexibility index (Phi) is 7.20. The summed E-state index contributed by atoms with van der Waals surface area (Å²) in [4.78, 5) is 26.7. The molecule has 2 aromatic carbocycles. The fourth-order valence-corrected chi connectivity index (χ4v) is 3.73. The van der Waals surface area contributed by atoms with Crippen molar-refractivity contribution in [3.63, 3.8) is 0 Å². The minimum Gasteiger partial charge on any atom is -0.391 e. The molecule has 2 heterocycles. The van der Waals surface area contributed by atoms with E-state index in [-0.39, 0.29) is 17.4 Å². The second-order valence-electron chi connectivity index (χ2n) is 7.83. The van der Waals surface area contributed by atoms with Gasteiger partial charge in [0, 0.05) is 18.4 Å². The molecule has 3 aromatic rings. The maximum absolute atomic E-state index is 13.5. The van der Waals surface area contributed by atoms with Gasteiger partial charge in [0.25, 0.3) is 0 Å². The highest BCUT2D eigenvalue weighted by molar-refractivity contribution is 6.30. The normalized spacial score (nSPS) is 15.2. The predicted molar refractivity (Wildman–Crippen MR) is 121 cm³/mol. The van der Waals surface area contributed by atoms with Gasteiger partial charge >= 0.3 is 6.09 Å². The zero-order chi connectivity index (χ0) is 24.2. The first-order valence-corrected chi connectivity index (χ1v) is 10.9. The number of rotatable bonds is 6. The summed E-state index contributed by atoms with van der Waals surface area (Å²) in [5.74, 6) is -0.609. The number of halogens is 3. The van der Waals surface area contributed by atoms with E-state index in [2.05, 4.69) is 20.6 Å². The number of aliphatic hydroxyl groups is 1. The molecule has 0 unspecified atom stereocenters. The molecule has 0 radical (unpaired) electrons. The number of nitrogens with zero attached hydrogens (tertiary/aromatic N) is 3. The van der Waals surface area contributed by atoms with E-state index in [4.69, 9.17) is 16.4 Å². The van der Waals surface area contributed by atoms with Crippen LogP contribution in [-0.2, 0) is 17.8 Å². The molecule has 11 heteroatoms. The van der Waals surface area contributed by atoms with Gasteiger partial charge in [-0.3, -0.25) is 0 Å². The number of aliphatic hydroxyl groups excluding tert-OH is 1. The maximum atomic E-state index is 13.5. The first kappa shape index (κ1) is 23.8. The van der Waals surface area contributed by atoms with Crippen LogP contribution in [0.4, 0.5) is 25.2 Å². The Balaban J connectivity index is 1.40. The van der Waals surface area contributed by atoms with Crippen LogP contribution < -0.4 is 10.6 Å². The molecule has 8 nitrogen and oxygen atoms in total. The van der Waals surface area contributed by atoms with E-state index in [1.165, 1.54) is 42.3 Å². The van der Waals surface area contributed by atoms with Gasteiger partial charge in [-0.15, -0.1) is 5.06 Å². The average Bonchev–Trinajstić information content (AvgIpc) is 2.80. The van der Waals surface area contributed by atoms with Crippen molar-refractivity contribution in [1.29, 1.82) is 0 Å². The first-order chi connectivity index (χ1) is 16.3. The second kappa shape index (κ2) is 10.3. The Morgan fingerprint density at radius 2 is 2.00 bits per heavy atom. The average molecular weight is 490 g/mol. The third kappa shape index (κ3) is 5.77. The summed E-state index contributed by atoms with van der Waals surface area (Å²) in [6, 6.07) is 8.90. The number of benzene rings is 2. The number of hydrogen-bond donors (Lipinski definition) is 3. The molecule has 0 bridgehead atoms. The fraction of sp³-hybridized carbons (Fsp3) is 0.261. The molecule has 3 N–H and O–H groups in total. The van der Waals surface area contributed by atoms with E-state index in [0.717, 1.165) is 5.56 Å². The van der Waals surface area contributed by atoms with Gasteiger partial charge in [-0.2, -0.15) is 0 Å². The molecular weight excluding hydrogens is 468 g/mol. The van der Waals surface area contributed by atoms with Crippen LogP contribution in [0.15, 0.2) is 48.7 Å². The van der Waals surface area contributed by atoms with Crippen molar-refractivity contribution in [2.45, 2.75) is 32.0 Å². The predicted octanol–water partition coefficient (Wildman–Crippen LogP) is 4.27. The summed E-state index contributed by atoms with van der Waals surface area (Å²) in [6.45, 7) is 2.15. The molecule has 1 amide bonds. The quantitative estimate of drug-likeness (QED) is 0.475. The Hall–Kier alpha value is -3.34. The molecule has 1 aromatic heterocycles. The van der Waals surface area contributed by atoms with Crippen molar-refractivity contribution in [3.8, 4) is 0 Å². The Morgan fingerprint density at radius 1 is 1.24 bits per heavy atom. The smallest absolute Gasteiger partial charge is 0.391 e. The first-order valence-electron chi connectivity index (χ1n) is 10.5. The maximum Gasteiger partial charge on any atom is 0.426 e. The third-order valence-corrected chi connectivity index (χ3v) is 5.57. The van der Waals surface area contributed by atoms with Crippen molar-refractivity contribution in [2.75, 3.05) is 11.9 Å². The Labute approximate surface area is 199 Å². The zero-order valence-corrected chi connectivity index (χ0v) is 18.9. The van der Waals surface area contributed by atoms with Crippen LogP contribution in [0.25, 0.3) is 0 Å². The van der Waals surface area contributed by atoms with Crippen LogP contribution in [-0.4, -0.2) is 38.9 Å². The van der Waals surface area contributed by atoms with Gasteiger partial charge in [-0.25, -0.2) is 23.5 Å². The van der Waals surface area contributed by atoms with E-state index < -0.39 is 24.1 Å². The highest BCUT2D eigenvalue weighted by Crippen LogP contribution is 2.24. The molecule has 2 atom stereocenters. The van der Waals surface area contributed by atoms with Gasteiger partial charge in [0.2, 0.25) is 5.95 Å². The van der Waals surface area contributed by atoms with Gasteiger partial charge in [-0.1, -0.05) is 17.7 Å².